The molecule has 1 saturated carbocycles. The average molecular weight is 464 g/mol. The van der Waals surface area contributed by atoms with E-state index < -0.39 is 0 Å². The van der Waals surface area contributed by atoms with Gasteiger partial charge in [-0.3, -0.25) is 9.69 Å². The zero-order valence-corrected chi connectivity index (χ0v) is 19.9. The second-order valence-electron chi connectivity index (χ2n) is 8.79. The van der Waals surface area contributed by atoms with Gasteiger partial charge >= 0.3 is 0 Å². The third-order valence-electron chi connectivity index (χ3n) is 6.70. The molecule has 7 heteroatoms. The number of thioether (sulfide) groups is 1. The van der Waals surface area contributed by atoms with Gasteiger partial charge in [0.15, 0.2) is 16.7 Å². The lowest BCUT2D eigenvalue weighted by Gasteiger charge is -2.33. The maximum Gasteiger partial charge on any atom is 0.270 e. The number of carbonyl (C=O) groups is 1. The van der Waals surface area contributed by atoms with Crippen LogP contribution in [0, 0.1) is 5.92 Å². The van der Waals surface area contributed by atoms with Crippen LogP contribution in [-0.4, -0.2) is 42.1 Å². The number of hydrogen-bond acceptors (Lipinski definition) is 6. The topological polar surface area (TPSA) is 63.5 Å². The van der Waals surface area contributed by atoms with E-state index in [-0.39, 0.29) is 11.9 Å². The molecule has 2 aromatic carbocycles. The van der Waals surface area contributed by atoms with Gasteiger partial charge in [-0.05, 0) is 24.0 Å². The van der Waals surface area contributed by atoms with Crippen molar-refractivity contribution in [1.29, 1.82) is 0 Å². The molecule has 0 saturated heterocycles. The minimum Gasteiger partial charge on any atom is -0.493 e. The predicted molar refractivity (Wildman–Crippen MR) is 133 cm³/mol. The lowest BCUT2D eigenvalue weighted by Crippen LogP contribution is -2.44. The number of amides is 1. The Morgan fingerprint density at radius 2 is 1.73 bits per heavy atom. The van der Waals surface area contributed by atoms with E-state index in [1.54, 1.807) is 26.0 Å². The summed E-state index contributed by atoms with van der Waals surface area (Å²) < 4.78 is 11.0. The standard InChI is InChI=1S/C26H29N3O3S/c1-31-22-14-19-20(15-23(22)32-2)27-26(33-16-18-11-7-4-8-12-18)29-21(25(30)28-24(19)29)13-17-9-5-3-6-10-17/h4,7-8,11-12,14-15,17,21H,3,5-6,9-10,13,16H2,1-2H3. The van der Waals surface area contributed by atoms with Gasteiger partial charge in [0.2, 0.25) is 0 Å². The van der Waals surface area contributed by atoms with Gasteiger partial charge in [0.25, 0.3) is 5.91 Å². The fourth-order valence-electron chi connectivity index (χ4n) is 4.97. The van der Waals surface area contributed by atoms with Crippen LogP contribution >= 0.6 is 11.8 Å². The van der Waals surface area contributed by atoms with E-state index in [1.807, 2.05) is 30.3 Å². The third kappa shape index (κ3) is 4.38. The maximum atomic E-state index is 13.2. The Hall–Kier alpha value is -2.80. The Bertz CT molecular complexity index is 1090. The van der Waals surface area contributed by atoms with Gasteiger partial charge in [0, 0.05) is 17.4 Å². The van der Waals surface area contributed by atoms with Crippen molar-refractivity contribution in [1.82, 2.24) is 4.90 Å². The zero-order chi connectivity index (χ0) is 22.8. The Balaban J connectivity index is 1.51. The van der Waals surface area contributed by atoms with Crippen molar-refractivity contribution < 1.29 is 14.3 Å². The summed E-state index contributed by atoms with van der Waals surface area (Å²) in [5, 5.41) is 0.823. The zero-order valence-electron chi connectivity index (χ0n) is 19.1. The van der Waals surface area contributed by atoms with Crippen molar-refractivity contribution in [3.63, 3.8) is 0 Å². The van der Waals surface area contributed by atoms with E-state index in [1.165, 1.54) is 37.7 Å². The van der Waals surface area contributed by atoms with Crippen LogP contribution in [0.5, 0.6) is 11.5 Å². The Labute approximate surface area is 199 Å². The molecule has 0 bridgehead atoms. The van der Waals surface area contributed by atoms with Gasteiger partial charge in [0.05, 0.1) is 19.9 Å². The van der Waals surface area contributed by atoms with E-state index in [4.69, 9.17) is 14.5 Å². The number of carbonyl (C=O) groups excluding carboxylic acids is 1. The van der Waals surface area contributed by atoms with E-state index in [0.29, 0.717) is 23.3 Å². The summed E-state index contributed by atoms with van der Waals surface area (Å²) in [4.78, 5) is 24.8. The van der Waals surface area contributed by atoms with Crippen molar-refractivity contribution in [2.45, 2.75) is 50.3 Å². The number of benzene rings is 2. The lowest BCUT2D eigenvalue weighted by atomic mass is 9.84. The van der Waals surface area contributed by atoms with Gasteiger partial charge in [-0.1, -0.05) is 74.2 Å². The quantitative estimate of drug-likeness (QED) is 0.561. The summed E-state index contributed by atoms with van der Waals surface area (Å²) in [7, 11) is 3.23. The maximum absolute atomic E-state index is 13.2. The highest BCUT2D eigenvalue weighted by Gasteiger charge is 2.43. The van der Waals surface area contributed by atoms with Crippen molar-refractivity contribution in [3.8, 4) is 11.5 Å². The smallest absolute Gasteiger partial charge is 0.270 e. The minimum atomic E-state index is -0.286. The summed E-state index contributed by atoms with van der Waals surface area (Å²) in [5.74, 6) is 3.18. The molecule has 2 aromatic rings. The van der Waals surface area contributed by atoms with Gasteiger partial charge in [-0.2, -0.15) is 4.99 Å². The van der Waals surface area contributed by atoms with Crippen molar-refractivity contribution in [2.24, 2.45) is 15.9 Å². The SMILES string of the molecule is COc1cc2c(cc1OC)C1=NC(=O)C(CC3CCCCC3)N1C(SCc1ccccc1)=N2. The first kappa shape index (κ1) is 22.0. The van der Waals surface area contributed by atoms with E-state index >= 15 is 0 Å². The molecule has 0 aromatic heterocycles. The summed E-state index contributed by atoms with van der Waals surface area (Å²) in [6.07, 6.45) is 7.02. The second-order valence-corrected chi connectivity index (χ2v) is 9.73. The van der Waals surface area contributed by atoms with Crippen LogP contribution in [0.15, 0.2) is 52.4 Å². The van der Waals surface area contributed by atoms with E-state index in [0.717, 1.165) is 28.6 Å². The van der Waals surface area contributed by atoms with Crippen LogP contribution in [0.2, 0.25) is 0 Å². The van der Waals surface area contributed by atoms with Crippen molar-refractivity contribution >= 4 is 34.4 Å². The molecule has 6 nitrogen and oxygen atoms in total. The van der Waals surface area contributed by atoms with Gasteiger partial charge in [-0.15, -0.1) is 0 Å². The lowest BCUT2D eigenvalue weighted by molar-refractivity contribution is -0.120. The van der Waals surface area contributed by atoms with Gasteiger partial charge in [0.1, 0.15) is 11.9 Å². The van der Waals surface area contributed by atoms with Crippen molar-refractivity contribution in [3.05, 3.63) is 53.6 Å². The molecular formula is C26H29N3O3S. The number of amidine groups is 2. The van der Waals surface area contributed by atoms with Gasteiger partial charge in [-0.25, -0.2) is 4.99 Å². The normalized spacial score (nSPS) is 20.1. The largest absolute Gasteiger partial charge is 0.493 e. The fourth-order valence-corrected chi connectivity index (χ4v) is 5.97. The number of fused-ring (bicyclic) bond motifs is 3. The number of aliphatic imine (C=N–C) groups is 2. The summed E-state index contributed by atoms with van der Waals surface area (Å²) >= 11 is 1.65. The third-order valence-corrected chi connectivity index (χ3v) is 7.72. The summed E-state index contributed by atoms with van der Waals surface area (Å²) in [5.41, 5.74) is 2.79. The molecule has 33 heavy (non-hydrogen) atoms. The van der Waals surface area contributed by atoms with Crippen LogP contribution in [0.25, 0.3) is 0 Å². The molecule has 0 N–H and O–H groups in total. The monoisotopic (exact) mass is 463 g/mol. The predicted octanol–water partition coefficient (Wildman–Crippen LogP) is 5.57. The molecule has 1 unspecified atom stereocenters. The average Bonchev–Trinajstić information content (AvgIpc) is 3.19. The highest BCUT2D eigenvalue weighted by Crippen LogP contribution is 2.42. The number of rotatable bonds is 6. The molecule has 2 aliphatic heterocycles. The Morgan fingerprint density at radius 3 is 2.45 bits per heavy atom. The Morgan fingerprint density at radius 1 is 1.00 bits per heavy atom. The van der Waals surface area contributed by atoms with Crippen LogP contribution in [0.1, 0.15) is 49.7 Å². The van der Waals surface area contributed by atoms with Crippen molar-refractivity contribution in [2.75, 3.05) is 14.2 Å². The minimum absolute atomic E-state index is 0.0637. The number of methoxy groups -OCH3 is 2. The molecule has 0 spiro atoms. The number of ether oxygens (including phenoxy) is 2. The molecule has 1 aliphatic carbocycles. The van der Waals surface area contributed by atoms with Crippen LogP contribution in [0.4, 0.5) is 5.69 Å². The van der Waals surface area contributed by atoms with Crippen LogP contribution in [-0.2, 0) is 10.5 Å². The molecule has 1 atom stereocenters. The molecule has 1 amide bonds. The molecule has 5 rings (SSSR count). The number of hydrogen-bond donors (Lipinski definition) is 0. The van der Waals surface area contributed by atoms with E-state index in [2.05, 4.69) is 22.0 Å². The first-order valence-corrected chi connectivity index (χ1v) is 12.6. The highest BCUT2D eigenvalue weighted by molar-refractivity contribution is 8.13. The second kappa shape index (κ2) is 9.59. The Kier molecular flexibility index (Phi) is 6.40. The molecule has 2 heterocycles. The van der Waals surface area contributed by atoms with Crippen LogP contribution < -0.4 is 9.47 Å². The van der Waals surface area contributed by atoms with E-state index in [9.17, 15) is 4.79 Å². The van der Waals surface area contributed by atoms with Crippen LogP contribution in [0.3, 0.4) is 0 Å². The molecule has 172 valence electrons. The first-order chi connectivity index (χ1) is 16.2. The molecule has 3 aliphatic rings. The molecular weight excluding hydrogens is 434 g/mol. The number of nitrogens with zero attached hydrogens (tertiary/aromatic N) is 3. The first-order valence-electron chi connectivity index (χ1n) is 11.6. The van der Waals surface area contributed by atoms with Gasteiger partial charge < -0.3 is 9.47 Å². The fraction of sp³-hybridized carbons (Fsp3) is 0.423. The molecule has 1 fully saturated rings. The molecule has 0 radical (unpaired) electrons. The summed E-state index contributed by atoms with van der Waals surface area (Å²) in [6, 6.07) is 13.8. The summed E-state index contributed by atoms with van der Waals surface area (Å²) in [6.45, 7) is 0. The highest BCUT2D eigenvalue weighted by atomic mass is 32.2.